The second kappa shape index (κ2) is 4.42. The zero-order valence-corrected chi connectivity index (χ0v) is 10.7. The van der Waals surface area contributed by atoms with Crippen molar-refractivity contribution in [2.24, 2.45) is 4.99 Å². The molecule has 1 saturated carbocycles. The molecule has 1 unspecified atom stereocenters. The highest BCUT2D eigenvalue weighted by Gasteiger charge is 2.25. The Labute approximate surface area is 105 Å². The zero-order valence-electron chi connectivity index (χ0n) is 9.08. The molecule has 0 saturated heterocycles. The van der Waals surface area contributed by atoms with Gasteiger partial charge in [-0.1, -0.05) is 24.4 Å². The molecule has 84 valence electrons. The van der Waals surface area contributed by atoms with E-state index >= 15 is 0 Å². The molecule has 0 amide bonds. The van der Waals surface area contributed by atoms with Crippen LogP contribution in [0, 0.1) is 0 Å². The van der Waals surface area contributed by atoms with Gasteiger partial charge in [0, 0.05) is 20.9 Å². The minimum atomic E-state index is 0.621. The lowest BCUT2D eigenvalue weighted by Crippen LogP contribution is -2.17. The van der Waals surface area contributed by atoms with Gasteiger partial charge in [-0.05, 0) is 37.5 Å². The van der Waals surface area contributed by atoms with Crippen LogP contribution in [0.15, 0.2) is 28.1 Å². The number of nitrogens with zero attached hydrogens (tertiary/aromatic N) is 1. The van der Waals surface area contributed by atoms with Crippen molar-refractivity contribution in [1.29, 1.82) is 0 Å². The van der Waals surface area contributed by atoms with E-state index in [4.69, 9.17) is 16.6 Å². The van der Waals surface area contributed by atoms with Gasteiger partial charge in [0.15, 0.2) is 0 Å². The molecule has 1 atom stereocenters. The van der Waals surface area contributed by atoms with Crippen LogP contribution in [0.25, 0.3) is 0 Å². The lowest BCUT2D eigenvalue weighted by Gasteiger charge is -2.22. The number of thioether (sulfide) groups is 1. The average Bonchev–Trinajstić information content (AvgIpc) is 2.50. The Hall–Kier alpha value is -0.470. The predicted molar refractivity (Wildman–Crippen MR) is 71.3 cm³/mol. The third-order valence-corrected chi connectivity index (χ3v) is 4.85. The molecule has 2 aliphatic rings. The van der Waals surface area contributed by atoms with Gasteiger partial charge in [0.25, 0.3) is 0 Å². The molecule has 1 nitrogen and oxygen atoms in total. The molecular weight excluding hydrogens is 238 g/mol. The average molecular weight is 252 g/mol. The van der Waals surface area contributed by atoms with Crippen molar-refractivity contribution >= 4 is 34.8 Å². The topological polar surface area (TPSA) is 12.4 Å². The van der Waals surface area contributed by atoms with Crippen LogP contribution in [-0.4, -0.2) is 11.0 Å². The van der Waals surface area contributed by atoms with Crippen molar-refractivity contribution < 1.29 is 0 Å². The maximum absolute atomic E-state index is 6.01. The summed E-state index contributed by atoms with van der Waals surface area (Å²) in [5.74, 6) is 0. The summed E-state index contributed by atoms with van der Waals surface area (Å²) < 4.78 is 0. The van der Waals surface area contributed by atoms with E-state index in [0.717, 1.165) is 10.7 Å². The number of benzene rings is 1. The lowest BCUT2D eigenvalue weighted by atomic mass is 10.1. The fourth-order valence-electron chi connectivity index (χ4n) is 2.38. The second-order valence-electron chi connectivity index (χ2n) is 4.42. The van der Waals surface area contributed by atoms with Crippen LogP contribution >= 0.6 is 23.4 Å². The van der Waals surface area contributed by atoms with Crippen LogP contribution in [0.1, 0.15) is 32.1 Å². The Morgan fingerprint density at radius 1 is 1.25 bits per heavy atom. The fraction of sp³-hybridized carbons (Fsp3) is 0.462. The molecule has 0 radical (unpaired) electrons. The number of hydrogen-bond donors (Lipinski definition) is 0. The number of hydrogen-bond acceptors (Lipinski definition) is 2. The first kappa shape index (κ1) is 10.7. The second-order valence-corrected chi connectivity index (χ2v) is 6.10. The molecule has 1 aromatic rings. The molecule has 3 rings (SSSR count). The summed E-state index contributed by atoms with van der Waals surface area (Å²) in [6, 6.07) is 6.05. The molecule has 3 heteroatoms. The van der Waals surface area contributed by atoms with Gasteiger partial charge in [-0.2, -0.15) is 0 Å². The molecule has 1 aromatic carbocycles. The first-order valence-electron chi connectivity index (χ1n) is 5.86. The first-order chi connectivity index (χ1) is 7.83. The highest BCUT2D eigenvalue weighted by Crippen LogP contribution is 2.42. The van der Waals surface area contributed by atoms with E-state index < -0.39 is 0 Å². The van der Waals surface area contributed by atoms with Gasteiger partial charge in [-0.25, -0.2) is 0 Å². The van der Waals surface area contributed by atoms with Gasteiger partial charge in [0.05, 0.1) is 5.69 Å². The van der Waals surface area contributed by atoms with Gasteiger partial charge in [-0.3, -0.25) is 4.99 Å². The third-order valence-electron chi connectivity index (χ3n) is 3.23. The quantitative estimate of drug-likeness (QED) is 0.642. The van der Waals surface area contributed by atoms with Crippen molar-refractivity contribution in [3.8, 4) is 0 Å². The Morgan fingerprint density at radius 2 is 2.19 bits per heavy atom. The van der Waals surface area contributed by atoms with Gasteiger partial charge >= 0.3 is 0 Å². The van der Waals surface area contributed by atoms with E-state index in [1.165, 1.54) is 42.7 Å². The summed E-state index contributed by atoms with van der Waals surface area (Å²) in [7, 11) is 0. The van der Waals surface area contributed by atoms with Crippen LogP contribution in [0.4, 0.5) is 5.69 Å². The molecule has 1 aliphatic heterocycles. The van der Waals surface area contributed by atoms with E-state index in [2.05, 4.69) is 6.07 Å². The molecule has 0 aromatic heterocycles. The maximum atomic E-state index is 6.01. The normalized spacial score (nSPS) is 24.1. The lowest BCUT2D eigenvalue weighted by molar-refractivity contribution is 0.705. The van der Waals surface area contributed by atoms with Crippen molar-refractivity contribution in [2.45, 2.75) is 42.2 Å². The van der Waals surface area contributed by atoms with Gasteiger partial charge in [0.2, 0.25) is 0 Å². The highest BCUT2D eigenvalue weighted by atomic mass is 35.5. The minimum Gasteiger partial charge on any atom is -0.255 e. The van der Waals surface area contributed by atoms with E-state index in [9.17, 15) is 0 Å². The summed E-state index contributed by atoms with van der Waals surface area (Å²) in [6.07, 6.45) is 6.45. The highest BCUT2D eigenvalue weighted by molar-refractivity contribution is 8.00. The summed E-state index contributed by atoms with van der Waals surface area (Å²) in [5, 5.41) is 1.41. The van der Waals surface area contributed by atoms with E-state index in [-0.39, 0.29) is 0 Å². The van der Waals surface area contributed by atoms with Crippen molar-refractivity contribution in [3.63, 3.8) is 0 Å². The molecule has 16 heavy (non-hydrogen) atoms. The van der Waals surface area contributed by atoms with Crippen LogP contribution in [0.5, 0.6) is 0 Å². The predicted octanol–water partition coefficient (Wildman–Crippen LogP) is 4.85. The number of rotatable bonds is 0. The zero-order chi connectivity index (χ0) is 11.0. The number of aliphatic imine (C=N–C) groups is 1. The summed E-state index contributed by atoms with van der Waals surface area (Å²) in [4.78, 5) is 6.09. The summed E-state index contributed by atoms with van der Waals surface area (Å²) >= 11 is 7.98. The smallest absolute Gasteiger partial charge is 0.0780 e. The molecule has 0 N–H and O–H groups in total. The number of fused-ring (bicyclic) bond motifs is 2. The Kier molecular flexibility index (Phi) is 2.95. The standard InChI is InChI=1S/C13H14ClNS/c14-9-6-7-13-11(8-9)15-10-4-2-1-3-5-12(10)16-13/h6-8,12H,1-5H2. The molecule has 0 spiro atoms. The van der Waals surface area contributed by atoms with Crippen molar-refractivity contribution in [3.05, 3.63) is 23.2 Å². The van der Waals surface area contributed by atoms with Gasteiger partial charge in [-0.15, -0.1) is 11.8 Å². The Bertz CT molecular complexity index is 442. The maximum Gasteiger partial charge on any atom is 0.0780 e. The third kappa shape index (κ3) is 2.01. The molecule has 0 bridgehead atoms. The van der Waals surface area contributed by atoms with Crippen LogP contribution in [-0.2, 0) is 0 Å². The number of halogens is 1. The molecule has 1 heterocycles. The van der Waals surface area contributed by atoms with Gasteiger partial charge < -0.3 is 0 Å². The van der Waals surface area contributed by atoms with Crippen LogP contribution in [0.2, 0.25) is 5.02 Å². The van der Waals surface area contributed by atoms with E-state index in [1.807, 2.05) is 23.9 Å². The molecular formula is C13H14ClNS. The SMILES string of the molecule is Clc1ccc2c(c1)N=C1CCCCCC1S2. The van der Waals surface area contributed by atoms with Crippen molar-refractivity contribution in [1.82, 2.24) is 0 Å². The summed E-state index contributed by atoms with van der Waals surface area (Å²) in [6.45, 7) is 0. The first-order valence-corrected chi connectivity index (χ1v) is 7.12. The fourth-order valence-corrected chi connectivity index (χ4v) is 3.82. The molecule has 1 aliphatic carbocycles. The van der Waals surface area contributed by atoms with E-state index in [0.29, 0.717) is 5.25 Å². The van der Waals surface area contributed by atoms with Gasteiger partial charge in [0.1, 0.15) is 0 Å². The van der Waals surface area contributed by atoms with E-state index in [1.54, 1.807) is 0 Å². The Morgan fingerprint density at radius 3 is 3.12 bits per heavy atom. The Balaban J connectivity index is 2.00. The van der Waals surface area contributed by atoms with Crippen LogP contribution in [0.3, 0.4) is 0 Å². The largest absolute Gasteiger partial charge is 0.255 e. The monoisotopic (exact) mass is 251 g/mol. The van der Waals surface area contributed by atoms with Crippen LogP contribution < -0.4 is 0 Å². The summed E-state index contributed by atoms with van der Waals surface area (Å²) in [5.41, 5.74) is 2.46. The van der Waals surface area contributed by atoms with Crippen molar-refractivity contribution in [2.75, 3.05) is 0 Å². The molecule has 1 fully saturated rings. The minimum absolute atomic E-state index is 0.621.